The minimum atomic E-state index is -0.417. The van der Waals surface area contributed by atoms with Crippen LogP contribution in [0.4, 0.5) is 0 Å². The molecule has 3 heteroatoms. The van der Waals surface area contributed by atoms with E-state index in [0.717, 1.165) is 11.8 Å². The Morgan fingerprint density at radius 2 is 2.00 bits per heavy atom. The van der Waals surface area contributed by atoms with Crippen molar-refractivity contribution in [3.05, 3.63) is 82.6 Å². The number of rotatable bonds is 3. The Kier molecular flexibility index (Phi) is 3.42. The van der Waals surface area contributed by atoms with Crippen molar-refractivity contribution >= 4 is 0 Å². The molecule has 0 saturated carbocycles. The van der Waals surface area contributed by atoms with Crippen LogP contribution < -0.4 is 0 Å². The molecule has 18 heavy (non-hydrogen) atoms. The molecule has 0 aromatic heterocycles. The van der Waals surface area contributed by atoms with Gasteiger partial charge in [0.05, 0.1) is 4.92 Å². The van der Waals surface area contributed by atoms with E-state index in [2.05, 4.69) is 6.08 Å². The molecule has 0 spiro atoms. The van der Waals surface area contributed by atoms with Crippen LogP contribution in [0, 0.1) is 15.5 Å². The molecule has 0 radical (unpaired) electrons. The number of allylic oxidation sites excluding steroid dienone is 5. The molecule has 1 aliphatic carbocycles. The second-order valence-electron chi connectivity index (χ2n) is 4.60. The molecular formula is C15H15NO2. The maximum Gasteiger partial charge on any atom is 0.231 e. The van der Waals surface area contributed by atoms with Gasteiger partial charge in [-0.2, -0.15) is 0 Å². The van der Waals surface area contributed by atoms with Crippen LogP contribution >= 0.6 is 0 Å². The second kappa shape index (κ2) is 5.00. The van der Waals surface area contributed by atoms with E-state index < -0.39 is 4.92 Å². The van der Waals surface area contributed by atoms with Crippen LogP contribution in [0.2, 0.25) is 0 Å². The van der Waals surface area contributed by atoms with E-state index in [4.69, 9.17) is 0 Å². The fourth-order valence-electron chi connectivity index (χ4n) is 2.26. The highest BCUT2D eigenvalue weighted by Gasteiger charge is 2.31. The van der Waals surface area contributed by atoms with Crippen LogP contribution in [0.15, 0.2) is 66.9 Å². The quantitative estimate of drug-likeness (QED) is 0.598. The highest BCUT2D eigenvalue weighted by molar-refractivity contribution is 5.36. The minimum absolute atomic E-state index is 0.125. The van der Waals surface area contributed by atoms with Crippen molar-refractivity contribution in [2.45, 2.75) is 12.8 Å². The Bertz CT molecular complexity index is 517. The van der Waals surface area contributed by atoms with Crippen molar-refractivity contribution in [1.82, 2.24) is 0 Å². The summed E-state index contributed by atoms with van der Waals surface area (Å²) in [6, 6.07) is 10.0. The van der Waals surface area contributed by atoms with Gasteiger partial charge >= 0.3 is 0 Å². The largest absolute Gasteiger partial charge is 0.259 e. The third-order valence-electron chi connectivity index (χ3n) is 3.25. The maximum atomic E-state index is 10.5. The zero-order valence-electron chi connectivity index (χ0n) is 10.2. The summed E-state index contributed by atoms with van der Waals surface area (Å²) < 4.78 is 0. The van der Waals surface area contributed by atoms with Gasteiger partial charge < -0.3 is 0 Å². The van der Waals surface area contributed by atoms with Gasteiger partial charge in [-0.25, -0.2) is 0 Å². The van der Waals surface area contributed by atoms with E-state index in [-0.39, 0.29) is 11.3 Å². The Balaban J connectivity index is 2.36. The van der Waals surface area contributed by atoms with E-state index in [1.54, 1.807) is 6.08 Å². The molecule has 1 aliphatic rings. The summed E-state index contributed by atoms with van der Waals surface area (Å²) in [6.45, 7) is 2.00. The highest BCUT2D eigenvalue weighted by atomic mass is 16.6. The number of nitrogens with zero attached hydrogens (tertiary/aromatic N) is 1. The molecular weight excluding hydrogens is 226 g/mol. The van der Waals surface area contributed by atoms with Crippen LogP contribution in [-0.4, -0.2) is 4.92 Å². The smallest absolute Gasteiger partial charge is 0.231 e. The first-order chi connectivity index (χ1) is 8.62. The van der Waals surface area contributed by atoms with Crippen molar-refractivity contribution < 1.29 is 4.92 Å². The fraction of sp³-hybridized carbons (Fsp3) is 0.200. The predicted molar refractivity (Wildman–Crippen MR) is 71.7 cm³/mol. The molecule has 0 heterocycles. The van der Waals surface area contributed by atoms with Gasteiger partial charge in [-0.1, -0.05) is 61.6 Å². The zero-order valence-corrected chi connectivity index (χ0v) is 10.2. The molecule has 2 rings (SSSR count). The summed E-state index contributed by atoms with van der Waals surface area (Å²) in [5.74, 6) is 0.125. The van der Waals surface area contributed by atoms with Gasteiger partial charge in [-0.05, 0) is 11.6 Å². The standard InChI is InChI=1S/C15H15NO2/c1-15(11-12-16(17)18)10-6-5-9-14(15)13-7-3-2-4-8-13/h2-12,14H,1H3/b12-11+. The van der Waals surface area contributed by atoms with E-state index in [9.17, 15) is 10.1 Å². The SMILES string of the molecule is CC1(/C=C/[N+](=O)[O-])C=CC=CC1c1ccccc1. The van der Waals surface area contributed by atoms with Crippen molar-refractivity contribution in [3.63, 3.8) is 0 Å². The van der Waals surface area contributed by atoms with Gasteiger partial charge in [0.25, 0.3) is 0 Å². The van der Waals surface area contributed by atoms with Crippen LogP contribution in [0.3, 0.4) is 0 Å². The van der Waals surface area contributed by atoms with Crippen LogP contribution in [0.5, 0.6) is 0 Å². The van der Waals surface area contributed by atoms with Crippen molar-refractivity contribution in [3.8, 4) is 0 Å². The molecule has 2 unspecified atom stereocenters. The highest BCUT2D eigenvalue weighted by Crippen LogP contribution is 2.41. The first kappa shape index (κ1) is 12.3. The monoisotopic (exact) mass is 241 g/mol. The van der Waals surface area contributed by atoms with Gasteiger partial charge in [0, 0.05) is 11.3 Å². The number of nitro groups is 1. The average molecular weight is 241 g/mol. The lowest BCUT2D eigenvalue weighted by atomic mass is 9.71. The van der Waals surface area contributed by atoms with Crippen LogP contribution in [0.25, 0.3) is 0 Å². The first-order valence-electron chi connectivity index (χ1n) is 5.86. The zero-order chi connectivity index (χ0) is 13.0. The molecule has 0 amide bonds. The molecule has 2 atom stereocenters. The molecule has 92 valence electrons. The molecule has 0 fully saturated rings. The van der Waals surface area contributed by atoms with Gasteiger partial charge in [-0.3, -0.25) is 10.1 Å². The van der Waals surface area contributed by atoms with Gasteiger partial charge in [0.1, 0.15) is 0 Å². The Hall–Kier alpha value is -2.16. The van der Waals surface area contributed by atoms with Gasteiger partial charge in [-0.15, -0.1) is 0 Å². The molecule has 3 nitrogen and oxygen atoms in total. The Morgan fingerprint density at radius 3 is 2.67 bits per heavy atom. The second-order valence-corrected chi connectivity index (χ2v) is 4.60. The number of hydrogen-bond acceptors (Lipinski definition) is 2. The Morgan fingerprint density at radius 1 is 1.28 bits per heavy atom. The van der Waals surface area contributed by atoms with Gasteiger partial charge in [0.15, 0.2) is 0 Å². The summed E-state index contributed by atoms with van der Waals surface area (Å²) in [6.07, 6.45) is 10.7. The fourth-order valence-corrected chi connectivity index (χ4v) is 2.26. The molecule has 1 aromatic rings. The molecule has 0 saturated heterocycles. The molecule has 0 aliphatic heterocycles. The molecule has 0 bridgehead atoms. The normalized spacial score (nSPS) is 26.6. The summed E-state index contributed by atoms with van der Waals surface area (Å²) >= 11 is 0. The van der Waals surface area contributed by atoms with E-state index in [1.165, 1.54) is 0 Å². The lowest BCUT2D eigenvalue weighted by Crippen LogP contribution is -2.21. The lowest BCUT2D eigenvalue weighted by Gasteiger charge is -2.32. The van der Waals surface area contributed by atoms with E-state index in [0.29, 0.717) is 0 Å². The third-order valence-corrected chi connectivity index (χ3v) is 3.25. The number of benzene rings is 1. The average Bonchev–Trinajstić information content (AvgIpc) is 2.38. The van der Waals surface area contributed by atoms with Crippen molar-refractivity contribution in [2.75, 3.05) is 0 Å². The number of hydrogen-bond donors (Lipinski definition) is 0. The van der Waals surface area contributed by atoms with Crippen LogP contribution in [0.1, 0.15) is 18.4 Å². The molecule has 0 N–H and O–H groups in total. The van der Waals surface area contributed by atoms with E-state index in [1.807, 2.05) is 55.5 Å². The summed E-state index contributed by atoms with van der Waals surface area (Å²) in [4.78, 5) is 10.1. The predicted octanol–water partition coefficient (Wildman–Crippen LogP) is 3.69. The van der Waals surface area contributed by atoms with Gasteiger partial charge in [0.2, 0.25) is 6.20 Å². The summed E-state index contributed by atoms with van der Waals surface area (Å²) in [7, 11) is 0. The first-order valence-corrected chi connectivity index (χ1v) is 5.86. The van der Waals surface area contributed by atoms with Crippen molar-refractivity contribution in [1.29, 1.82) is 0 Å². The lowest BCUT2D eigenvalue weighted by molar-refractivity contribution is -0.403. The Labute approximate surface area is 106 Å². The topological polar surface area (TPSA) is 43.1 Å². The van der Waals surface area contributed by atoms with Crippen LogP contribution in [-0.2, 0) is 0 Å². The van der Waals surface area contributed by atoms with E-state index >= 15 is 0 Å². The summed E-state index contributed by atoms with van der Waals surface area (Å²) in [5.41, 5.74) is 0.803. The minimum Gasteiger partial charge on any atom is -0.259 e. The van der Waals surface area contributed by atoms with Crippen molar-refractivity contribution in [2.24, 2.45) is 5.41 Å². The maximum absolute atomic E-state index is 10.5. The summed E-state index contributed by atoms with van der Waals surface area (Å²) in [5, 5.41) is 10.5. The third kappa shape index (κ3) is 2.56. The molecule has 1 aromatic carbocycles.